The number of ketones is 1. The lowest BCUT2D eigenvalue weighted by molar-refractivity contribution is -0.385. The van der Waals surface area contributed by atoms with Crippen LogP contribution >= 0.6 is 0 Å². The van der Waals surface area contributed by atoms with E-state index in [4.69, 9.17) is 0 Å². The Bertz CT molecular complexity index is 1340. The number of nitro groups is 2. The van der Waals surface area contributed by atoms with Crippen molar-refractivity contribution >= 4 is 34.9 Å². The van der Waals surface area contributed by atoms with E-state index in [9.17, 15) is 39.4 Å². The number of nitro benzene ring substituents is 2. The van der Waals surface area contributed by atoms with E-state index in [1.807, 2.05) is 12.2 Å². The highest BCUT2D eigenvalue weighted by molar-refractivity contribution is 6.10. The number of imide groups is 1. The average Bonchev–Trinajstić information content (AvgIpc) is 3.56. The van der Waals surface area contributed by atoms with Crippen LogP contribution in [0.15, 0.2) is 60.7 Å². The van der Waals surface area contributed by atoms with Gasteiger partial charge < -0.3 is 0 Å². The number of carbonyl (C=O) groups excluding carboxylic acids is 4. The number of non-ortho nitro benzene ring substituents is 2. The molecule has 2 aromatic carbocycles. The van der Waals surface area contributed by atoms with E-state index in [0.717, 1.165) is 23.2 Å². The number of rotatable bonds is 7. The van der Waals surface area contributed by atoms with Crippen LogP contribution < -0.4 is 0 Å². The average molecular weight is 490 g/mol. The number of hydrogen-bond donors (Lipinski definition) is 0. The maximum Gasteiger partial charge on any atom is 0.273 e. The summed E-state index contributed by atoms with van der Waals surface area (Å²) in [7, 11) is 0. The highest BCUT2D eigenvalue weighted by Crippen LogP contribution is 2.52. The maximum atomic E-state index is 13.5. The fourth-order valence-electron chi connectivity index (χ4n) is 5.25. The van der Waals surface area contributed by atoms with Gasteiger partial charge in [0, 0.05) is 35.4 Å². The van der Waals surface area contributed by atoms with Gasteiger partial charge >= 0.3 is 0 Å². The molecule has 1 aliphatic heterocycles. The number of allylic oxidation sites excluding steroid dienone is 2. The normalized spacial score (nSPS) is 23.6. The molecule has 2 fully saturated rings. The summed E-state index contributed by atoms with van der Waals surface area (Å²) in [5.41, 5.74) is -0.756. The van der Waals surface area contributed by atoms with Crippen LogP contribution in [0.4, 0.5) is 11.4 Å². The highest BCUT2D eigenvalue weighted by atomic mass is 16.6. The first-order valence-electron chi connectivity index (χ1n) is 11.1. The Labute approximate surface area is 203 Å². The van der Waals surface area contributed by atoms with Crippen LogP contribution in [0.25, 0.3) is 0 Å². The molecule has 0 unspecified atom stereocenters. The van der Waals surface area contributed by atoms with Gasteiger partial charge in [0.25, 0.3) is 29.1 Å². The second-order valence-corrected chi connectivity index (χ2v) is 8.89. The molecular formula is C24H18N4O8. The summed E-state index contributed by atoms with van der Waals surface area (Å²) in [6.45, 7) is -0.739. The van der Waals surface area contributed by atoms with Gasteiger partial charge in [-0.15, -0.1) is 0 Å². The summed E-state index contributed by atoms with van der Waals surface area (Å²) in [6.07, 6.45) is 4.44. The number of fused-ring (bicyclic) bond motifs is 5. The largest absolute Gasteiger partial charge is 0.292 e. The Morgan fingerprint density at radius 2 is 1.44 bits per heavy atom. The molecule has 0 radical (unpaired) electrons. The first-order valence-corrected chi connectivity index (χ1v) is 11.1. The van der Waals surface area contributed by atoms with Crippen molar-refractivity contribution in [3.8, 4) is 0 Å². The Hall–Kier alpha value is -4.74. The quantitative estimate of drug-likeness (QED) is 0.188. The van der Waals surface area contributed by atoms with Crippen molar-refractivity contribution in [2.75, 3.05) is 6.54 Å². The molecule has 3 amide bonds. The van der Waals surface area contributed by atoms with Crippen LogP contribution in [0, 0.1) is 43.9 Å². The summed E-state index contributed by atoms with van der Waals surface area (Å²) in [5.74, 6) is -4.33. The van der Waals surface area contributed by atoms with Crippen molar-refractivity contribution in [2.24, 2.45) is 23.7 Å². The highest BCUT2D eigenvalue weighted by Gasteiger charge is 2.61. The van der Waals surface area contributed by atoms with Crippen LogP contribution in [-0.2, 0) is 9.59 Å². The minimum absolute atomic E-state index is 0.0771. The summed E-state index contributed by atoms with van der Waals surface area (Å²) < 4.78 is 0. The van der Waals surface area contributed by atoms with Gasteiger partial charge in [-0.25, -0.2) is 5.01 Å². The van der Waals surface area contributed by atoms with Gasteiger partial charge in [-0.1, -0.05) is 24.3 Å². The van der Waals surface area contributed by atoms with Gasteiger partial charge in [0.15, 0.2) is 5.78 Å². The molecule has 12 nitrogen and oxygen atoms in total. The molecule has 2 aromatic rings. The Morgan fingerprint density at radius 3 is 2.00 bits per heavy atom. The number of benzene rings is 2. The minimum Gasteiger partial charge on any atom is -0.292 e. The first-order chi connectivity index (χ1) is 17.2. The smallest absolute Gasteiger partial charge is 0.273 e. The van der Waals surface area contributed by atoms with Crippen molar-refractivity contribution in [3.05, 3.63) is 92.0 Å². The van der Waals surface area contributed by atoms with Crippen LogP contribution in [0.5, 0.6) is 0 Å². The third kappa shape index (κ3) is 3.63. The molecule has 0 aromatic heterocycles. The molecule has 12 heteroatoms. The van der Waals surface area contributed by atoms with Gasteiger partial charge in [-0.05, 0) is 30.4 Å². The zero-order chi connectivity index (χ0) is 25.7. The fourth-order valence-corrected chi connectivity index (χ4v) is 5.25. The lowest BCUT2D eigenvalue weighted by Gasteiger charge is -2.30. The van der Waals surface area contributed by atoms with Gasteiger partial charge in [0.1, 0.15) is 6.54 Å². The Balaban J connectivity index is 1.50. The fraction of sp³-hybridized carbons (Fsp3) is 0.250. The van der Waals surface area contributed by atoms with Crippen LogP contribution in [-0.4, -0.2) is 49.9 Å². The summed E-state index contributed by atoms with van der Waals surface area (Å²) in [6, 6.07) is 9.42. The van der Waals surface area contributed by atoms with E-state index in [1.54, 1.807) is 0 Å². The molecule has 1 saturated heterocycles. The van der Waals surface area contributed by atoms with Crippen LogP contribution in [0.2, 0.25) is 0 Å². The summed E-state index contributed by atoms with van der Waals surface area (Å²) >= 11 is 0. The number of carbonyl (C=O) groups is 4. The second kappa shape index (κ2) is 8.48. The van der Waals surface area contributed by atoms with E-state index >= 15 is 0 Å². The summed E-state index contributed by atoms with van der Waals surface area (Å²) in [5, 5.41) is 23.6. The number of Topliss-reactive ketones (excluding diaryl/α,β-unsaturated/α-hetero) is 1. The maximum absolute atomic E-state index is 13.5. The third-order valence-electron chi connectivity index (χ3n) is 6.92. The predicted molar refractivity (Wildman–Crippen MR) is 121 cm³/mol. The number of nitrogens with zero attached hydrogens (tertiary/aromatic N) is 4. The first kappa shape index (κ1) is 23.0. The van der Waals surface area contributed by atoms with E-state index in [-0.39, 0.29) is 34.3 Å². The van der Waals surface area contributed by atoms with Crippen LogP contribution in [0.3, 0.4) is 0 Å². The predicted octanol–water partition coefficient (Wildman–Crippen LogP) is 2.55. The lowest BCUT2D eigenvalue weighted by Crippen LogP contribution is -2.52. The zero-order valence-corrected chi connectivity index (χ0v) is 18.6. The lowest BCUT2D eigenvalue weighted by atomic mass is 9.85. The number of amides is 3. The van der Waals surface area contributed by atoms with Crippen LogP contribution in [0.1, 0.15) is 27.1 Å². The number of hydrogen-bond acceptors (Lipinski definition) is 8. The molecule has 5 rings (SSSR count). The molecule has 2 aliphatic carbocycles. The molecule has 3 aliphatic rings. The van der Waals surface area contributed by atoms with Gasteiger partial charge in [0.2, 0.25) is 0 Å². The molecule has 4 atom stereocenters. The monoisotopic (exact) mass is 490 g/mol. The Morgan fingerprint density at radius 1 is 0.861 bits per heavy atom. The van der Waals surface area contributed by atoms with Crippen molar-refractivity contribution in [1.29, 1.82) is 0 Å². The molecular weight excluding hydrogens is 472 g/mol. The van der Waals surface area contributed by atoms with Gasteiger partial charge in [0.05, 0.1) is 21.7 Å². The number of hydrazine groups is 1. The van der Waals surface area contributed by atoms with Crippen molar-refractivity contribution in [1.82, 2.24) is 10.0 Å². The van der Waals surface area contributed by atoms with Crippen molar-refractivity contribution in [3.63, 3.8) is 0 Å². The van der Waals surface area contributed by atoms with E-state index in [0.29, 0.717) is 11.4 Å². The SMILES string of the molecule is O=C(CN(C(=O)c1ccc([N+](=O)[O-])cc1)N1C(=O)[C@@H]2[C@H](C1=O)[C@H]1C=C[C@H]2C1)c1cccc([N+](=O)[O-])c1. The topological polar surface area (TPSA) is 161 Å². The van der Waals surface area contributed by atoms with Gasteiger partial charge in [-0.3, -0.25) is 39.4 Å². The van der Waals surface area contributed by atoms with Crippen molar-refractivity contribution < 1.29 is 29.0 Å². The molecule has 2 bridgehead atoms. The van der Waals surface area contributed by atoms with E-state index in [2.05, 4.69) is 0 Å². The third-order valence-corrected chi connectivity index (χ3v) is 6.92. The zero-order valence-electron chi connectivity index (χ0n) is 18.6. The molecule has 1 saturated carbocycles. The van der Waals surface area contributed by atoms with Crippen molar-refractivity contribution in [2.45, 2.75) is 6.42 Å². The standard InChI is InChI=1S/C24H18N4O8/c29-19(14-2-1-3-18(11-14)28(35)36)12-25(22(30)13-6-8-17(9-7-13)27(33)34)26-23(31)20-15-4-5-16(10-15)21(20)24(26)32/h1-9,11,15-16,20-21H,10,12H2/t15-,16-,20-,21+/m0/s1. The van der Waals surface area contributed by atoms with E-state index in [1.165, 1.54) is 30.3 Å². The molecule has 0 spiro atoms. The molecule has 36 heavy (non-hydrogen) atoms. The molecule has 1 heterocycles. The Kier molecular flexibility index (Phi) is 5.43. The van der Waals surface area contributed by atoms with E-state index < -0.39 is 51.7 Å². The van der Waals surface area contributed by atoms with Gasteiger partial charge in [-0.2, -0.15) is 5.01 Å². The minimum atomic E-state index is -0.884. The summed E-state index contributed by atoms with van der Waals surface area (Å²) in [4.78, 5) is 74.1. The molecule has 0 N–H and O–H groups in total. The molecule has 182 valence electrons. The second-order valence-electron chi connectivity index (χ2n) is 8.89.